The van der Waals surface area contributed by atoms with E-state index >= 15 is 0 Å². The minimum absolute atomic E-state index is 0. The van der Waals surface area contributed by atoms with E-state index in [0.29, 0.717) is 38.6 Å². The van der Waals surface area contributed by atoms with E-state index in [0.717, 1.165) is 12.8 Å². The maximum atomic E-state index is 12.4. The van der Waals surface area contributed by atoms with Gasteiger partial charge >= 0.3 is 6.18 Å². The van der Waals surface area contributed by atoms with Crippen molar-refractivity contribution in [1.29, 1.82) is 0 Å². The number of guanidine groups is 1. The van der Waals surface area contributed by atoms with Gasteiger partial charge in [-0.1, -0.05) is 6.07 Å². The zero-order valence-corrected chi connectivity index (χ0v) is 17.7. The van der Waals surface area contributed by atoms with Crippen molar-refractivity contribution < 1.29 is 13.2 Å². The van der Waals surface area contributed by atoms with Gasteiger partial charge in [0.25, 0.3) is 0 Å². The molecule has 1 aliphatic rings. The molecular formula is C17H27F3IN5O. The van der Waals surface area contributed by atoms with Crippen LogP contribution in [0, 0.1) is 0 Å². The molecule has 0 aliphatic carbocycles. The lowest BCUT2D eigenvalue weighted by atomic mass is 10.2. The summed E-state index contributed by atoms with van der Waals surface area (Å²) < 4.78 is 39.0. The monoisotopic (exact) mass is 501 g/mol. The highest BCUT2D eigenvalue weighted by Gasteiger charge is 2.34. The van der Waals surface area contributed by atoms with Crippen molar-refractivity contribution in [2.24, 2.45) is 4.99 Å². The van der Waals surface area contributed by atoms with Gasteiger partial charge in [0.05, 0.1) is 6.54 Å². The SMILES string of the molecule is CN=C(NCCCCn1ccccc1=O)NC1CCN(CC(F)(F)F)C1.I. The quantitative estimate of drug-likeness (QED) is 0.260. The summed E-state index contributed by atoms with van der Waals surface area (Å²) in [7, 11) is 1.64. The number of nitrogens with one attached hydrogen (secondary N) is 2. The van der Waals surface area contributed by atoms with Crippen LogP contribution in [0.5, 0.6) is 0 Å². The zero-order chi connectivity index (χ0) is 19.0. The van der Waals surface area contributed by atoms with Crippen molar-refractivity contribution in [3.63, 3.8) is 0 Å². The number of aromatic nitrogens is 1. The third-order valence-electron chi connectivity index (χ3n) is 4.26. The molecule has 0 bridgehead atoms. The van der Waals surface area contributed by atoms with Gasteiger partial charge in [0.15, 0.2) is 5.96 Å². The Bertz CT molecular complexity index is 650. The standard InChI is InChI=1S/C17H26F3N5O.HI/c1-21-16(23-14-7-11-24(12-14)13-17(18,19)20)22-8-3-5-10-25-9-4-2-6-15(25)26;/h2,4,6,9,14H,3,5,7-8,10-13H2,1H3,(H2,21,22,23);1H. The fraction of sp³-hybridized carbons (Fsp3) is 0.647. The van der Waals surface area contributed by atoms with Crippen LogP contribution in [0.1, 0.15) is 19.3 Å². The molecule has 154 valence electrons. The number of pyridine rings is 1. The number of unbranched alkanes of at least 4 members (excludes halogenated alkanes) is 1. The Kier molecular flexibility index (Phi) is 10.1. The second-order valence-electron chi connectivity index (χ2n) is 6.42. The van der Waals surface area contributed by atoms with Crippen LogP contribution in [-0.4, -0.2) is 60.9 Å². The van der Waals surface area contributed by atoms with Crippen LogP contribution in [0.4, 0.5) is 13.2 Å². The number of aryl methyl sites for hydroxylation is 1. The van der Waals surface area contributed by atoms with Gasteiger partial charge < -0.3 is 15.2 Å². The molecule has 1 aromatic heterocycles. The normalized spacial score (nSPS) is 18.2. The van der Waals surface area contributed by atoms with Gasteiger partial charge in [0.1, 0.15) is 0 Å². The Morgan fingerprint density at radius 1 is 1.33 bits per heavy atom. The smallest absolute Gasteiger partial charge is 0.356 e. The highest BCUT2D eigenvalue weighted by atomic mass is 127. The fourth-order valence-corrected chi connectivity index (χ4v) is 2.99. The van der Waals surface area contributed by atoms with Gasteiger partial charge in [-0.15, -0.1) is 24.0 Å². The zero-order valence-electron chi connectivity index (χ0n) is 15.3. The number of likely N-dealkylation sites (tertiary alicyclic amines) is 1. The van der Waals surface area contributed by atoms with E-state index in [1.54, 1.807) is 23.9 Å². The molecule has 1 unspecified atom stereocenters. The average molecular weight is 501 g/mol. The lowest BCUT2D eigenvalue weighted by Crippen LogP contribution is -2.45. The van der Waals surface area contributed by atoms with E-state index in [1.807, 2.05) is 6.07 Å². The Morgan fingerprint density at radius 2 is 2.11 bits per heavy atom. The van der Waals surface area contributed by atoms with E-state index in [2.05, 4.69) is 15.6 Å². The molecule has 0 saturated carbocycles. The summed E-state index contributed by atoms with van der Waals surface area (Å²) >= 11 is 0. The molecule has 0 spiro atoms. The molecule has 0 radical (unpaired) electrons. The third-order valence-corrected chi connectivity index (χ3v) is 4.26. The summed E-state index contributed by atoms with van der Waals surface area (Å²) in [5.74, 6) is 0.598. The minimum atomic E-state index is -4.16. The fourth-order valence-electron chi connectivity index (χ4n) is 2.99. The van der Waals surface area contributed by atoms with Crippen LogP contribution in [0.25, 0.3) is 0 Å². The molecule has 1 aliphatic heterocycles. The summed E-state index contributed by atoms with van der Waals surface area (Å²) in [5, 5.41) is 6.34. The molecule has 2 heterocycles. The Hall–Kier alpha value is -1.30. The molecule has 0 aromatic carbocycles. The summed E-state index contributed by atoms with van der Waals surface area (Å²) in [6, 6.07) is 5.05. The molecule has 1 saturated heterocycles. The lowest BCUT2D eigenvalue weighted by Gasteiger charge is -2.19. The molecule has 1 aromatic rings. The first-order valence-electron chi connectivity index (χ1n) is 8.79. The van der Waals surface area contributed by atoms with E-state index in [-0.39, 0.29) is 35.6 Å². The lowest BCUT2D eigenvalue weighted by molar-refractivity contribution is -0.143. The van der Waals surface area contributed by atoms with Crippen molar-refractivity contribution in [3.8, 4) is 0 Å². The Balaban J connectivity index is 0.00000364. The van der Waals surface area contributed by atoms with Crippen LogP contribution in [0.2, 0.25) is 0 Å². The number of hydrogen-bond acceptors (Lipinski definition) is 3. The van der Waals surface area contributed by atoms with Crippen molar-refractivity contribution in [2.45, 2.75) is 38.0 Å². The third kappa shape index (κ3) is 8.96. The largest absolute Gasteiger partial charge is 0.401 e. The predicted molar refractivity (Wildman–Crippen MR) is 111 cm³/mol. The van der Waals surface area contributed by atoms with Crippen LogP contribution in [0.3, 0.4) is 0 Å². The van der Waals surface area contributed by atoms with Crippen molar-refractivity contribution in [1.82, 2.24) is 20.1 Å². The molecule has 10 heteroatoms. The molecule has 6 nitrogen and oxygen atoms in total. The molecule has 1 atom stereocenters. The van der Waals surface area contributed by atoms with Gasteiger partial charge in [-0.25, -0.2) is 0 Å². The first-order chi connectivity index (χ1) is 12.4. The van der Waals surface area contributed by atoms with E-state index in [4.69, 9.17) is 0 Å². The molecular weight excluding hydrogens is 474 g/mol. The van der Waals surface area contributed by atoms with Gasteiger partial charge in [-0.3, -0.25) is 14.7 Å². The molecule has 27 heavy (non-hydrogen) atoms. The average Bonchev–Trinajstić information content (AvgIpc) is 3.00. The van der Waals surface area contributed by atoms with Crippen molar-refractivity contribution in [3.05, 3.63) is 34.7 Å². The molecule has 2 N–H and O–H groups in total. The van der Waals surface area contributed by atoms with E-state index in [1.165, 1.54) is 11.0 Å². The molecule has 2 rings (SSSR count). The minimum Gasteiger partial charge on any atom is -0.356 e. The van der Waals surface area contributed by atoms with Crippen molar-refractivity contribution >= 4 is 29.9 Å². The number of rotatable bonds is 7. The number of nitrogens with zero attached hydrogens (tertiary/aromatic N) is 3. The van der Waals surface area contributed by atoms with Gasteiger partial charge in [-0.05, 0) is 25.3 Å². The van der Waals surface area contributed by atoms with Gasteiger partial charge in [0, 0.05) is 51.5 Å². The molecule has 0 amide bonds. The second kappa shape index (κ2) is 11.5. The topological polar surface area (TPSA) is 61.7 Å². The van der Waals surface area contributed by atoms with Gasteiger partial charge in [0.2, 0.25) is 5.56 Å². The molecule has 1 fully saturated rings. The Labute approximate surface area is 174 Å². The summed E-state index contributed by atoms with van der Waals surface area (Å²) in [4.78, 5) is 17.1. The van der Waals surface area contributed by atoms with Crippen LogP contribution in [0.15, 0.2) is 34.2 Å². The van der Waals surface area contributed by atoms with Crippen LogP contribution >= 0.6 is 24.0 Å². The number of alkyl halides is 3. The maximum Gasteiger partial charge on any atom is 0.401 e. The summed E-state index contributed by atoms with van der Waals surface area (Å²) in [6.45, 7) is 1.26. The van der Waals surface area contributed by atoms with Crippen LogP contribution in [-0.2, 0) is 6.54 Å². The highest BCUT2D eigenvalue weighted by Crippen LogP contribution is 2.19. The number of halogens is 4. The van der Waals surface area contributed by atoms with Gasteiger partial charge in [-0.2, -0.15) is 13.2 Å². The number of hydrogen-bond donors (Lipinski definition) is 2. The van der Waals surface area contributed by atoms with E-state index in [9.17, 15) is 18.0 Å². The first-order valence-corrected chi connectivity index (χ1v) is 8.79. The second-order valence-corrected chi connectivity index (χ2v) is 6.42. The van der Waals surface area contributed by atoms with E-state index < -0.39 is 12.7 Å². The maximum absolute atomic E-state index is 12.4. The summed E-state index contributed by atoms with van der Waals surface area (Å²) in [6.07, 6.45) is -0.0319. The number of aliphatic imine (C=N–C) groups is 1. The Morgan fingerprint density at radius 3 is 2.78 bits per heavy atom. The predicted octanol–water partition coefficient (Wildman–Crippen LogP) is 2.05. The van der Waals surface area contributed by atoms with Crippen molar-refractivity contribution in [2.75, 3.05) is 33.2 Å². The highest BCUT2D eigenvalue weighted by molar-refractivity contribution is 14.0. The van der Waals surface area contributed by atoms with Crippen LogP contribution < -0.4 is 16.2 Å². The first kappa shape index (κ1) is 23.7. The summed E-state index contributed by atoms with van der Waals surface area (Å²) in [5.41, 5.74) is -0.0115.